The summed E-state index contributed by atoms with van der Waals surface area (Å²) >= 11 is 0. The summed E-state index contributed by atoms with van der Waals surface area (Å²) in [6.07, 6.45) is 3.43. The average molecular weight is 497 g/mol. The van der Waals surface area contributed by atoms with E-state index in [9.17, 15) is 13.2 Å². The lowest BCUT2D eigenvalue weighted by molar-refractivity contribution is -0.726. The number of hydrogen-bond acceptors (Lipinski definition) is 5. The van der Waals surface area contributed by atoms with Crippen molar-refractivity contribution in [2.24, 2.45) is 11.4 Å². The molecule has 0 amide bonds. The third-order valence-corrected chi connectivity index (χ3v) is 7.35. The number of likely N-dealkylation sites (N-methyl/N-ethyl adjacent to an activating group) is 1. The Balaban J connectivity index is 1.62. The minimum atomic E-state index is -4.05. The summed E-state index contributed by atoms with van der Waals surface area (Å²) in [6, 6.07) is 12.5. The minimum Gasteiger partial charge on any atom is -0.376 e. The smallest absolute Gasteiger partial charge is 0.322 e. The molecule has 1 fully saturated rings. The molecule has 1 atom stereocenters. The van der Waals surface area contributed by atoms with E-state index in [1.165, 1.54) is 7.05 Å². The van der Waals surface area contributed by atoms with E-state index in [-0.39, 0.29) is 23.6 Å². The first-order valence-electron chi connectivity index (χ1n) is 11.2. The molecular weight excluding hydrogens is 470 g/mol. The van der Waals surface area contributed by atoms with Crippen molar-refractivity contribution in [2.45, 2.75) is 6.10 Å². The van der Waals surface area contributed by atoms with Crippen LogP contribution in [0.25, 0.3) is 32.8 Å². The predicted molar refractivity (Wildman–Crippen MR) is 131 cm³/mol. The van der Waals surface area contributed by atoms with Gasteiger partial charge in [-0.1, -0.05) is 30.3 Å². The van der Waals surface area contributed by atoms with Crippen LogP contribution in [0.5, 0.6) is 0 Å². The van der Waals surface area contributed by atoms with Crippen LogP contribution in [0.2, 0.25) is 0 Å². The molecule has 0 saturated carbocycles. The van der Waals surface area contributed by atoms with Gasteiger partial charge in [0.2, 0.25) is 6.20 Å². The molecule has 1 saturated heterocycles. The summed E-state index contributed by atoms with van der Waals surface area (Å²) in [7, 11) is -0.713. The molecule has 4 aromatic rings. The van der Waals surface area contributed by atoms with Gasteiger partial charge in [-0.05, 0) is 23.1 Å². The summed E-state index contributed by atoms with van der Waals surface area (Å²) < 4.78 is 44.0. The maximum absolute atomic E-state index is 13.1. The van der Waals surface area contributed by atoms with Crippen molar-refractivity contribution in [1.29, 1.82) is 0 Å². The summed E-state index contributed by atoms with van der Waals surface area (Å²) in [6.45, 7) is 1.36. The second-order valence-corrected chi connectivity index (χ2v) is 10.2. The Labute approximate surface area is 201 Å². The Hall–Kier alpha value is -3.38. The van der Waals surface area contributed by atoms with Gasteiger partial charge in [0.25, 0.3) is 5.56 Å². The van der Waals surface area contributed by atoms with Gasteiger partial charge in [-0.2, -0.15) is 17.8 Å². The molecule has 2 N–H and O–H groups in total. The lowest BCUT2D eigenvalue weighted by Gasteiger charge is -2.25. The molecule has 35 heavy (non-hydrogen) atoms. The summed E-state index contributed by atoms with van der Waals surface area (Å²) in [5.74, 6) is 0. The molecule has 5 rings (SSSR count). The van der Waals surface area contributed by atoms with Crippen LogP contribution >= 0.6 is 0 Å². The van der Waals surface area contributed by atoms with E-state index in [2.05, 4.69) is 14.5 Å². The number of aromatic amines is 2. The fourth-order valence-corrected chi connectivity index (χ4v) is 5.09. The molecule has 0 aliphatic carbocycles. The van der Waals surface area contributed by atoms with E-state index in [0.717, 1.165) is 15.4 Å². The van der Waals surface area contributed by atoms with Crippen LogP contribution in [0.1, 0.15) is 0 Å². The Morgan fingerprint density at radius 2 is 1.94 bits per heavy atom. The zero-order chi connectivity index (χ0) is 24.6. The molecule has 11 heteroatoms. The number of rotatable bonds is 5. The van der Waals surface area contributed by atoms with Crippen molar-refractivity contribution in [3.05, 3.63) is 70.6 Å². The normalized spacial score (nSPS) is 17.5. The third-order valence-electron chi connectivity index (χ3n) is 5.99. The topological polar surface area (TPSA) is 121 Å². The summed E-state index contributed by atoms with van der Waals surface area (Å²) in [5, 5.41) is 5.12. The Bertz CT molecular complexity index is 1640. The molecule has 3 heterocycles. The molecular formula is C24H26N5O5S+. The van der Waals surface area contributed by atoms with E-state index in [1.54, 1.807) is 18.2 Å². The average Bonchev–Trinajstić information content (AvgIpc) is 3.19. The highest BCUT2D eigenvalue weighted by Crippen LogP contribution is 2.25. The number of hydrogen-bond donors (Lipinski definition) is 2. The number of fused-ring (bicyclic) bond motifs is 3. The maximum atomic E-state index is 13.1. The van der Waals surface area contributed by atoms with Crippen molar-refractivity contribution in [3.63, 3.8) is 0 Å². The Morgan fingerprint density at radius 3 is 2.69 bits per heavy atom. The molecule has 10 nitrogen and oxygen atoms in total. The number of nitrogens with zero attached hydrogens (tertiary/aromatic N) is 3. The highest BCUT2D eigenvalue weighted by atomic mass is 32.2. The van der Waals surface area contributed by atoms with Crippen molar-refractivity contribution in [2.75, 3.05) is 33.4 Å². The first-order valence-corrected chi connectivity index (χ1v) is 12.6. The first-order chi connectivity index (χ1) is 16.8. The van der Waals surface area contributed by atoms with Gasteiger partial charge in [-0.3, -0.25) is 4.79 Å². The Kier molecular flexibility index (Phi) is 6.24. The van der Waals surface area contributed by atoms with Crippen LogP contribution in [0.4, 0.5) is 0 Å². The SMILES string of the molecule is CN(C[C@@H]1COCCO1)S(=O)(=O)N=c1ccccc2c1[nH]c(=O)c1cc(-c3c[nH][n+](C)c3)ccc12. The van der Waals surface area contributed by atoms with Gasteiger partial charge >= 0.3 is 10.2 Å². The maximum Gasteiger partial charge on any atom is 0.322 e. The molecule has 0 unspecified atom stereocenters. The standard InChI is InChI=1S/C24H25N5O5S/c1-28-13-17(12-25-28)16-7-8-19-20-5-3-4-6-22(23(20)26-24(30)21(19)11-16)27-35(31,32)29(2)14-18-15-33-9-10-34-18/h3-8,11-13,18H,9-10,14-15H2,1-2H3,(H,26,27,30)/p+1/t18-/m1/s1. The predicted octanol–water partition coefficient (Wildman–Crippen LogP) is 0.994. The molecule has 0 spiro atoms. The highest BCUT2D eigenvalue weighted by molar-refractivity contribution is 7.87. The first kappa shape index (κ1) is 23.4. The largest absolute Gasteiger partial charge is 0.376 e. The summed E-state index contributed by atoms with van der Waals surface area (Å²) in [5.41, 5.74) is 1.87. The van der Waals surface area contributed by atoms with E-state index in [0.29, 0.717) is 41.5 Å². The fraction of sp³-hybridized carbons (Fsp3) is 0.292. The third kappa shape index (κ3) is 4.76. The number of aryl methyl sites for hydroxylation is 1. The lowest BCUT2D eigenvalue weighted by atomic mass is 10.0. The van der Waals surface area contributed by atoms with E-state index in [4.69, 9.17) is 9.47 Å². The van der Waals surface area contributed by atoms with Gasteiger partial charge in [-0.25, -0.2) is 0 Å². The van der Waals surface area contributed by atoms with Crippen molar-refractivity contribution in [3.8, 4) is 11.1 Å². The van der Waals surface area contributed by atoms with Gasteiger partial charge < -0.3 is 14.5 Å². The fourth-order valence-electron chi connectivity index (χ4n) is 4.19. The number of ether oxygens (including phenoxy) is 2. The van der Waals surface area contributed by atoms with Crippen LogP contribution in [0.15, 0.2) is 64.1 Å². The van der Waals surface area contributed by atoms with E-state index < -0.39 is 10.2 Å². The molecule has 1 aliphatic heterocycles. The minimum absolute atomic E-state index is 0.113. The van der Waals surface area contributed by atoms with E-state index in [1.807, 2.05) is 48.4 Å². The Morgan fingerprint density at radius 1 is 1.11 bits per heavy atom. The van der Waals surface area contributed by atoms with Crippen molar-refractivity contribution >= 4 is 31.9 Å². The van der Waals surface area contributed by atoms with Crippen molar-refractivity contribution in [1.82, 2.24) is 14.4 Å². The number of nitrogens with one attached hydrogen (secondary N) is 2. The number of H-pyrrole nitrogens is 2. The van der Waals surface area contributed by atoms with Gasteiger partial charge in [0, 0.05) is 24.4 Å². The zero-order valence-electron chi connectivity index (χ0n) is 19.4. The van der Waals surface area contributed by atoms with Crippen LogP contribution < -0.4 is 15.6 Å². The molecule has 0 radical (unpaired) electrons. The molecule has 0 bridgehead atoms. The monoisotopic (exact) mass is 496 g/mol. The van der Waals surface area contributed by atoms with E-state index >= 15 is 0 Å². The lowest BCUT2D eigenvalue weighted by Crippen LogP contribution is -2.40. The molecule has 182 valence electrons. The van der Waals surface area contributed by atoms with Gasteiger partial charge in [0.05, 0.1) is 43.2 Å². The van der Waals surface area contributed by atoms with Crippen LogP contribution in [0.3, 0.4) is 0 Å². The van der Waals surface area contributed by atoms with Gasteiger partial charge in [0.1, 0.15) is 5.36 Å². The molecule has 2 aromatic carbocycles. The number of aromatic nitrogens is 3. The van der Waals surface area contributed by atoms with Gasteiger partial charge in [0.15, 0.2) is 7.05 Å². The zero-order valence-corrected chi connectivity index (χ0v) is 20.2. The van der Waals surface area contributed by atoms with Crippen LogP contribution in [-0.4, -0.2) is 62.3 Å². The highest BCUT2D eigenvalue weighted by Gasteiger charge is 2.23. The van der Waals surface area contributed by atoms with Crippen LogP contribution in [0, 0.1) is 0 Å². The molecule has 1 aliphatic rings. The second kappa shape index (κ2) is 9.34. The second-order valence-electron chi connectivity index (χ2n) is 8.49. The number of benzene rings is 1. The quantitative estimate of drug-likeness (QED) is 0.399. The summed E-state index contributed by atoms with van der Waals surface area (Å²) in [4.78, 5) is 16.0. The number of pyridine rings is 1. The molecule has 2 aromatic heterocycles. The van der Waals surface area contributed by atoms with Gasteiger partial charge in [-0.15, -0.1) is 9.08 Å². The van der Waals surface area contributed by atoms with Crippen molar-refractivity contribution < 1.29 is 22.6 Å². The van der Waals surface area contributed by atoms with Crippen LogP contribution in [-0.2, 0) is 26.7 Å².